The van der Waals surface area contributed by atoms with E-state index in [-0.39, 0.29) is 11.2 Å². The average Bonchev–Trinajstić information content (AvgIpc) is 2.56. The van der Waals surface area contributed by atoms with E-state index >= 15 is 0 Å². The molecule has 0 aromatic heterocycles. The fraction of sp³-hybridized carbons (Fsp3) is 0.263. The molecule has 2 aromatic rings. The molecular weight excluding hydrogens is 354 g/mol. The summed E-state index contributed by atoms with van der Waals surface area (Å²) in [6.45, 7) is 6.23. The largest absolute Gasteiger partial charge is 0.506 e. The molecule has 0 aliphatic heterocycles. The maximum absolute atomic E-state index is 10.1. The highest BCUT2D eigenvalue weighted by Gasteiger charge is 2.17. The molecule has 0 saturated carbocycles. The summed E-state index contributed by atoms with van der Waals surface area (Å²) >= 11 is 7.51. The molecule has 2 aromatic carbocycles. The van der Waals surface area contributed by atoms with Crippen LogP contribution in [0.1, 0.15) is 37.5 Å². The lowest BCUT2D eigenvalue weighted by Crippen LogP contribution is -2.11. The maximum atomic E-state index is 10.1. The Balaban J connectivity index is 2.09. The van der Waals surface area contributed by atoms with Gasteiger partial charge >= 0.3 is 0 Å². The van der Waals surface area contributed by atoms with Crippen LogP contribution in [-0.4, -0.2) is 16.5 Å². The molecule has 25 heavy (non-hydrogen) atoms. The molecule has 4 nitrogen and oxygen atoms in total. The first kappa shape index (κ1) is 19.3. The molecule has 0 atom stereocenters. The van der Waals surface area contributed by atoms with E-state index in [0.717, 1.165) is 16.9 Å². The van der Waals surface area contributed by atoms with Gasteiger partial charge in [0, 0.05) is 11.3 Å². The minimum Gasteiger partial charge on any atom is -0.506 e. The lowest BCUT2D eigenvalue weighted by Gasteiger charge is -2.20. The molecule has 0 bridgehead atoms. The van der Waals surface area contributed by atoms with Crippen molar-refractivity contribution in [1.82, 2.24) is 0 Å². The van der Waals surface area contributed by atoms with E-state index in [9.17, 15) is 5.11 Å². The lowest BCUT2D eigenvalue weighted by molar-refractivity contribution is 0.473. The van der Waals surface area contributed by atoms with Crippen LogP contribution in [0.5, 0.6) is 5.75 Å². The van der Waals surface area contributed by atoms with Crippen molar-refractivity contribution in [2.24, 2.45) is 15.9 Å². The first-order valence-corrected chi connectivity index (χ1v) is 9.20. The highest BCUT2D eigenvalue weighted by atomic mass is 35.5. The summed E-state index contributed by atoms with van der Waals surface area (Å²) in [6.07, 6.45) is 1.46. The van der Waals surface area contributed by atoms with Crippen LogP contribution < -0.4 is 5.73 Å². The Labute approximate surface area is 157 Å². The van der Waals surface area contributed by atoms with Crippen LogP contribution in [0.3, 0.4) is 0 Å². The van der Waals surface area contributed by atoms with Crippen molar-refractivity contribution in [3.05, 3.63) is 64.2 Å². The summed E-state index contributed by atoms with van der Waals surface area (Å²) in [5.41, 5.74) is 8.46. The van der Waals surface area contributed by atoms with Crippen molar-refractivity contribution >= 4 is 34.7 Å². The molecule has 0 saturated heterocycles. The van der Waals surface area contributed by atoms with Gasteiger partial charge in [0.05, 0.1) is 11.2 Å². The molecule has 0 aliphatic carbocycles. The van der Waals surface area contributed by atoms with Crippen LogP contribution in [0.2, 0.25) is 5.02 Å². The van der Waals surface area contributed by atoms with Crippen molar-refractivity contribution in [1.29, 1.82) is 0 Å². The van der Waals surface area contributed by atoms with Gasteiger partial charge in [0.15, 0.2) is 5.17 Å². The second kappa shape index (κ2) is 8.41. The standard InChI is InChI=1S/C19H22ClN3OS/c1-19(2,3)15-9-14(17(24)16(20)10-15)11-22-23-18(21)25-12-13-7-5-4-6-8-13/h4-11,24H,12H2,1-3H3,(H2,21,23). The summed E-state index contributed by atoms with van der Waals surface area (Å²) in [5.74, 6) is 0.714. The predicted octanol–water partition coefficient (Wildman–Crippen LogP) is 4.93. The minimum atomic E-state index is -0.0895. The Morgan fingerprint density at radius 2 is 1.92 bits per heavy atom. The van der Waals surface area contributed by atoms with Crippen molar-refractivity contribution in [3.8, 4) is 5.75 Å². The SMILES string of the molecule is CC(C)(C)c1cc(Cl)c(O)c(C=NN=C(N)SCc2ccccc2)c1. The number of aromatic hydroxyl groups is 1. The maximum Gasteiger partial charge on any atom is 0.180 e. The number of amidine groups is 1. The molecule has 0 aliphatic rings. The Morgan fingerprint density at radius 1 is 1.24 bits per heavy atom. The zero-order valence-corrected chi connectivity index (χ0v) is 16.1. The zero-order valence-electron chi connectivity index (χ0n) is 14.5. The van der Waals surface area contributed by atoms with Gasteiger partial charge in [-0.2, -0.15) is 5.10 Å². The number of hydrogen-bond acceptors (Lipinski definition) is 4. The number of nitrogens with zero attached hydrogens (tertiary/aromatic N) is 2. The third-order valence-electron chi connectivity index (χ3n) is 3.54. The van der Waals surface area contributed by atoms with Gasteiger partial charge in [0.1, 0.15) is 5.75 Å². The lowest BCUT2D eigenvalue weighted by atomic mass is 9.86. The molecule has 2 rings (SSSR count). The monoisotopic (exact) mass is 375 g/mol. The normalized spacial score (nSPS) is 12.7. The second-order valence-corrected chi connectivity index (χ2v) is 8.01. The van der Waals surface area contributed by atoms with Gasteiger partial charge in [0.2, 0.25) is 0 Å². The number of thioether (sulfide) groups is 1. The van der Waals surface area contributed by atoms with Crippen molar-refractivity contribution in [2.45, 2.75) is 31.9 Å². The van der Waals surface area contributed by atoms with Crippen LogP contribution in [0.4, 0.5) is 0 Å². The highest BCUT2D eigenvalue weighted by Crippen LogP contribution is 2.33. The average molecular weight is 376 g/mol. The molecule has 0 spiro atoms. The third kappa shape index (κ3) is 5.80. The second-order valence-electron chi connectivity index (χ2n) is 6.60. The smallest absolute Gasteiger partial charge is 0.180 e. The van der Waals surface area contributed by atoms with Gasteiger partial charge in [-0.05, 0) is 28.7 Å². The van der Waals surface area contributed by atoms with E-state index < -0.39 is 0 Å². The minimum absolute atomic E-state index is 0.0101. The predicted molar refractivity (Wildman–Crippen MR) is 109 cm³/mol. The van der Waals surface area contributed by atoms with Gasteiger partial charge < -0.3 is 10.8 Å². The fourth-order valence-electron chi connectivity index (χ4n) is 2.06. The number of nitrogens with two attached hydrogens (primary N) is 1. The quantitative estimate of drug-likeness (QED) is 0.452. The molecule has 0 radical (unpaired) electrons. The molecule has 0 heterocycles. The molecule has 3 N–H and O–H groups in total. The molecule has 132 valence electrons. The van der Waals surface area contributed by atoms with Gasteiger partial charge in [-0.25, -0.2) is 0 Å². The first-order valence-electron chi connectivity index (χ1n) is 7.83. The van der Waals surface area contributed by atoms with E-state index in [1.54, 1.807) is 6.07 Å². The number of hydrogen-bond donors (Lipinski definition) is 2. The molecule has 0 fully saturated rings. The van der Waals surface area contributed by atoms with E-state index in [0.29, 0.717) is 15.8 Å². The van der Waals surface area contributed by atoms with E-state index in [1.807, 2.05) is 36.4 Å². The Kier molecular flexibility index (Phi) is 6.51. The summed E-state index contributed by atoms with van der Waals surface area (Å²) in [7, 11) is 0. The van der Waals surface area contributed by atoms with E-state index in [4.69, 9.17) is 17.3 Å². The summed E-state index contributed by atoms with van der Waals surface area (Å²) in [5, 5.41) is 18.7. The number of benzene rings is 2. The molecule has 6 heteroatoms. The number of rotatable bonds is 4. The first-order chi connectivity index (χ1) is 11.8. The topological polar surface area (TPSA) is 71.0 Å². The van der Waals surface area contributed by atoms with E-state index in [1.165, 1.54) is 18.0 Å². The van der Waals surface area contributed by atoms with Crippen molar-refractivity contribution < 1.29 is 5.11 Å². The van der Waals surface area contributed by atoms with Crippen molar-refractivity contribution in [2.75, 3.05) is 0 Å². The molecule has 0 amide bonds. The zero-order chi connectivity index (χ0) is 18.4. The summed E-state index contributed by atoms with van der Waals surface area (Å²) < 4.78 is 0. The van der Waals surface area contributed by atoms with Crippen LogP contribution in [-0.2, 0) is 11.2 Å². The van der Waals surface area contributed by atoms with Crippen LogP contribution >= 0.6 is 23.4 Å². The molecule has 0 unspecified atom stereocenters. The van der Waals surface area contributed by atoms with Gasteiger partial charge in [-0.1, -0.05) is 74.5 Å². The Morgan fingerprint density at radius 3 is 2.56 bits per heavy atom. The van der Waals surface area contributed by atoms with E-state index in [2.05, 4.69) is 31.0 Å². The van der Waals surface area contributed by atoms with Crippen LogP contribution in [0, 0.1) is 0 Å². The highest BCUT2D eigenvalue weighted by molar-refractivity contribution is 8.13. The van der Waals surface area contributed by atoms with Gasteiger partial charge in [0.25, 0.3) is 0 Å². The third-order valence-corrected chi connectivity index (χ3v) is 4.68. The van der Waals surface area contributed by atoms with Crippen LogP contribution in [0.25, 0.3) is 0 Å². The van der Waals surface area contributed by atoms with Crippen molar-refractivity contribution in [3.63, 3.8) is 0 Å². The van der Waals surface area contributed by atoms with Gasteiger partial charge in [-0.3, -0.25) is 0 Å². The number of phenols is 1. The summed E-state index contributed by atoms with van der Waals surface area (Å²) in [4.78, 5) is 0. The Bertz CT molecular complexity index is 783. The van der Waals surface area contributed by atoms with Gasteiger partial charge in [-0.15, -0.1) is 5.10 Å². The number of phenolic OH excluding ortho intramolecular Hbond substituents is 1. The molecular formula is C19H22ClN3OS. The summed E-state index contributed by atoms with van der Waals surface area (Å²) in [6, 6.07) is 13.6. The fourth-order valence-corrected chi connectivity index (χ4v) is 2.90. The number of halogens is 1. The Hall–Kier alpha value is -1.98. The van der Waals surface area contributed by atoms with Crippen LogP contribution in [0.15, 0.2) is 52.7 Å².